The predicted octanol–water partition coefficient (Wildman–Crippen LogP) is 3.06. The normalized spacial score (nSPS) is 10.3. The molecule has 156 valence electrons. The first-order valence-electron chi connectivity index (χ1n) is 9.25. The molecule has 2 aromatic carbocycles. The Hall–Kier alpha value is -3.46. The van der Waals surface area contributed by atoms with Crippen LogP contribution in [0.1, 0.15) is 26.8 Å². The third kappa shape index (κ3) is 5.77. The van der Waals surface area contributed by atoms with Crippen LogP contribution in [0.5, 0.6) is 11.5 Å². The van der Waals surface area contributed by atoms with E-state index >= 15 is 0 Å². The lowest BCUT2D eigenvalue weighted by Gasteiger charge is -2.09. The second-order valence-electron chi connectivity index (χ2n) is 6.27. The molecule has 0 saturated carbocycles. The maximum atomic E-state index is 12.3. The molecule has 0 unspecified atom stereocenters. The number of aromatic nitrogens is 2. The first-order valence-corrected chi connectivity index (χ1v) is 10.1. The van der Waals surface area contributed by atoms with Gasteiger partial charge in [-0.05, 0) is 30.3 Å². The summed E-state index contributed by atoms with van der Waals surface area (Å²) in [5, 5.41) is 14.4. The maximum Gasteiger partial charge on any atom is 0.286 e. The van der Waals surface area contributed by atoms with Crippen LogP contribution in [0.25, 0.3) is 0 Å². The van der Waals surface area contributed by atoms with Gasteiger partial charge in [0.2, 0.25) is 10.9 Å². The Morgan fingerprint density at radius 1 is 1.00 bits per heavy atom. The van der Waals surface area contributed by atoms with Gasteiger partial charge in [0, 0.05) is 30.6 Å². The van der Waals surface area contributed by atoms with E-state index in [4.69, 9.17) is 9.47 Å². The second kappa shape index (κ2) is 10.4. The molecule has 0 spiro atoms. The minimum atomic E-state index is -0.343. The number of ether oxygens (including phenoxy) is 2. The van der Waals surface area contributed by atoms with Crippen molar-refractivity contribution in [1.82, 2.24) is 15.5 Å². The van der Waals surface area contributed by atoms with Crippen molar-refractivity contribution >= 4 is 28.8 Å². The Bertz CT molecular complexity index is 1000. The molecule has 0 bridgehead atoms. The number of benzene rings is 2. The first-order chi connectivity index (χ1) is 14.6. The third-order valence-electron chi connectivity index (χ3n) is 4.24. The van der Waals surface area contributed by atoms with Gasteiger partial charge in [0.25, 0.3) is 5.91 Å². The van der Waals surface area contributed by atoms with Crippen molar-refractivity contribution in [2.45, 2.75) is 19.4 Å². The molecular formula is C21H22N4O4S. The van der Waals surface area contributed by atoms with E-state index in [1.54, 1.807) is 38.5 Å². The topological polar surface area (TPSA) is 102 Å². The molecule has 2 amide bonds. The Labute approximate surface area is 178 Å². The van der Waals surface area contributed by atoms with Crippen LogP contribution in [0.4, 0.5) is 5.69 Å². The van der Waals surface area contributed by atoms with E-state index in [2.05, 4.69) is 20.8 Å². The monoisotopic (exact) mass is 426 g/mol. The molecule has 0 aliphatic heterocycles. The molecule has 0 aliphatic rings. The van der Waals surface area contributed by atoms with E-state index in [1.807, 2.05) is 24.3 Å². The van der Waals surface area contributed by atoms with E-state index in [1.165, 1.54) is 11.3 Å². The summed E-state index contributed by atoms with van der Waals surface area (Å²) in [4.78, 5) is 24.5. The lowest BCUT2D eigenvalue weighted by molar-refractivity contribution is -0.121. The van der Waals surface area contributed by atoms with Crippen LogP contribution in [0.2, 0.25) is 0 Å². The number of methoxy groups -OCH3 is 2. The fourth-order valence-corrected chi connectivity index (χ4v) is 3.39. The molecule has 0 radical (unpaired) electrons. The molecule has 3 rings (SSSR count). The first kappa shape index (κ1) is 21.3. The van der Waals surface area contributed by atoms with E-state index in [0.717, 1.165) is 11.3 Å². The molecule has 9 heteroatoms. The molecule has 30 heavy (non-hydrogen) atoms. The van der Waals surface area contributed by atoms with Crippen molar-refractivity contribution in [3.8, 4) is 11.5 Å². The largest absolute Gasteiger partial charge is 0.497 e. The van der Waals surface area contributed by atoms with Crippen LogP contribution < -0.4 is 20.1 Å². The van der Waals surface area contributed by atoms with Crippen molar-refractivity contribution in [3.63, 3.8) is 0 Å². The lowest BCUT2D eigenvalue weighted by atomic mass is 10.2. The lowest BCUT2D eigenvalue weighted by Crippen LogP contribution is -2.23. The molecule has 0 fully saturated rings. The Morgan fingerprint density at radius 2 is 1.77 bits per heavy atom. The number of anilines is 1. The zero-order valence-electron chi connectivity index (χ0n) is 16.7. The summed E-state index contributed by atoms with van der Waals surface area (Å²) < 4.78 is 10.4. The van der Waals surface area contributed by atoms with Crippen molar-refractivity contribution in [1.29, 1.82) is 0 Å². The van der Waals surface area contributed by atoms with Gasteiger partial charge in [0.15, 0.2) is 0 Å². The van der Waals surface area contributed by atoms with Crippen LogP contribution in [-0.2, 0) is 17.8 Å². The average molecular weight is 426 g/mol. The van der Waals surface area contributed by atoms with Gasteiger partial charge >= 0.3 is 0 Å². The summed E-state index contributed by atoms with van der Waals surface area (Å²) in [7, 11) is 3.17. The highest BCUT2D eigenvalue weighted by Crippen LogP contribution is 2.18. The van der Waals surface area contributed by atoms with Gasteiger partial charge < -0.3 is 20.1 Å². The summed E-state index contributed by atoms with van der Waals surface area (Å²) >= 11 is 1.17. The smallest absolute Gasteiger partial charge is 0.286 e. The van der Waals surface area contributed by atoms with E-state index in [-0.39, 0.29) is 23.2 Å². The van der Waals surface area contributed by atoms with Crippen molar-refractivity contribution < 1.29 is 19.1 Å². The Balaban J connectivity index is 1.47. The highest BCUT2D eigenvalue weighted by molar-refractivity contribution is 7.13. The predicted molar refractivity (Wildman–Crippen MR) is 114 cm³/mol. The number of rotatable bonds is 9. The van der Waals surface area contributed by atoms with Gasteiger partial charge in [-0.25, -0.2) is 0 Å². The average Bonchev–Trinajstić information content (AvgIpc) is 3.26. The Morgan fingerprint density at radius 3 is 2.50 bits per heavy atom. The van der Waals surface area contributed by atoms with Gasteiger partial charge in [-0.3, -0.25) is 9.59 Å². The van der Waals surface area contributed by atoms with Crippen LogP contribution in [0.3, 0.4) is 0 Å². The van der Waals surface area contributed by atoms with Gasteiger partial charge in [-0.1, -0.05) is 29.5 Å². The number of carbonyl (C=O) groups is 2. The molecule has 0 atom stereocenters. The molecule has 0 aliphatic carbocycles. The number of hydrogen-bond acceptors (Lipinski definition) is 7. The summed E-state index contributed by atoms with van der Waals surface area (Å²) in [6, 6.07) is 14.5. The highest BCUT2D eigenvalue weighted by Gasteiger charge is 2.14. The minimum absolute atomic E-state index is 0.111. The number of nitrogens with zero attached hydrogens (tertiary/aromatic N) is 2. The standard InChI is InChI=1S/C21H22N4O4S/c1-28-16-9-7-15(8-10-16)23-20(27)21-25-24-19(30-21)12-11-18(26)22-13-14-5-3-4-6-17(14)29-2/h3-10H,11-13H2,1-2H3,(H,22,26)(H,23,27). The van der Waals surface area contributed by atoms with Crippen LogP contribution >= 0.6 is 11.3 Å². The third-order valence-corrected chi connectivity index (χ3v) is 5.23. The fourth-order valence-electron chi connectivity index (χ4n) is 2.66. The van der Waals surface area contributed by atoms with Gasteiger partial charge in [0.1, 0.15) is 16.5 Å². The SMILES string of the molecule is COc1ccc(NC(=O)c2nnc(CCC(=O)NCc3ccccc3OC)s2)cc1. The molecule has 8 nitrogen and oxygen atoms in total. The van der Waals surface area contributed by atoms with E-state index < -0.39 is 0 Å². The summed E-state index contributed by atoms with van der Waals surface area (Å²) in [6.07, 6.45) is 0.662. The van der Waals surface area contributed by atoms with Gasteiger partial charge in [0.05, 0.1) is 14.2 Å². The number of hydrogen-bond donors (Lipinski definition) is 2. The van der Waals surface area contributed by atoms with Crippen molar-refractivity contribution in [3.05, 3.63) is 64.1 Å². The summed E-state index contributed by atoms with van der Waals surface area (Å²) in [5.41, 5.74) is 1.54. The number of para-hydroxylation sites is 1. The van der Waals surface area contributed by atoms with E-state index in [9.17, 15) is 9.59 Å². The molecule has 0 saturated heterocycles. The molecule has 1 heterocycles. The molecule has 2 N–H and O–H groups in total. The van der Waals surface area contributed by atoms with Gasteiger partial charge in [-0.2, -0.15) is 0 Å². The van der Waals surface area contributed by atoms with Crippen molar-refractivity contribution in [2.75, 3.05) is 19.5 Å². The maximum absolute atomic E-state index is 12.3. The van der Waals surface area contributed by atoms with E-state index in [0.29, 0.717) is 29.4 Å². The van der Waals surface area contributed by atoms with Crippen molar-refractivity contribution in [2.24, 2.45) is 0 Å². The molecule has 1 aromatic heterocycles. The highest BCUT2D eigenvalue weighted by atomic mass is 32.1. The van der Waals surface area contributed by atoms with Crippen LogP contribution in [0.15, 0.2) is 48.5 Å². The number of carbonyl (C=O) groups excluding carboxylic acids is 2. The zero-order valence-corrected chi connectivity index (χ0v) is 17.5. The van der Waals surface area contributed by atoms with Gasteiger partial charge in [-0.15, -0.1) is 10.2 Å². The van der Waals surface area contributed by atoms with Crippen LogP contribution in [0, 0.1) is 0 Å². The van der Waals surface area contributed by atoms with Crippen LogP contribution in [-0.4, -0.2) is 36.2 Å². The second-order valence-corrected chi connectivity index (χ2v) is 7.33. The Kier molecular flexibility index (Phi) is 7.34. The number of nitrogens with one attached hydrogen (secondary N) is 2. The zero-order chi connectivity index (χ0) is 21.3. The fraction of sp³-hybridized carbons (Fsp3) is 0.238. The minimum Gasteiger partial charge on any atom is -0.497 e. The number of aryl methyl sites for hydroxylation is 1. The molecular weight excluding hydrogens is 404 g/mol. The summed E-state index contributed by atoms with van der Waals surface area (Å²) in [6.45, 7) is 0.383. The number of amides is 2. The summed E-state index contributed by atoms with van der Waals surface area (Å²) in [5.74, 6) is 0.981. The molecule has 3 aromatic rings. The quantitative estimate of drug-likeness (QED) is 0.545.